The van der Waals surface area contributed by atoms with Crippen LogP contribution < -0.4 is 5.32 Å². The van der Waals surface area contributed by atoms with E-state index in [1.54, 1.807) is 0 Å². The number of carboxylic acid groups (broad SMARTS) is 1. The van der Waals surface area contributed by atoms with E-state index < -0.39 is 5.97 Å². The largest absolute Gasteiger partial charge is 0.481 e. The number of hydrogen-bond acceptors (Lipinski definition) is 3. The van der Waals surface area contributed by atoms with Crippen molar-refractivity contribution in [2.75, 3.05) is 26.2 Å². The van der Waals surface area contributed by atoms with Crippen molar-refractivity contribution >= 4 is 11.9 Å². The minimum Gasteiger partial charge on any atom is -0.481 e. The van der Waals surface area contributed by atoms with Gasteiger partial charge in [-0.1, -0.05) is 20.8 Å². The molecule has 1 saturated heterocycles. The van der Waals surface area contributed by atoms with Crippen molar-refractivity contribution in [3.8, 4) is 0 Å². The van der Waals surface area contributed by atoms with E-state index in [0.29, 0.717) is 12.8 Å². The molecule has 1 amide bonds. The molecule has 1 rings (SSSR count). The molecular formula is C17H34N2O3. The molecule has 1 aliphatic heterocycles. The lowest BCUT2D eigenvalue weighted by Gasteiger charge is -2.32. The fraction of sp³-hybridized carbons (Fsp3) is 0.882. The number of nitrogens with one attached hydrogen (secondary N) is 1. The SMILES string of the molecule is CC.CCCNCCC1CCN(C(=O)CCCC(=O)O)CC1. The van der Waals surface area contributed by atoms with Crippen molar-refractivity contribution in [2.45, 2.75) is 65.7 Å². The number of carboxylic acids is 1. The first-order valence-electron chi connectivity index (χ1n) is 8.83. The van der Waals surface area contributed by atoms with Gasteiger partial charge in [-0.2, -0.15) is 0 Å². The normalized spacial score (nSPS) is 15.1. The predicted octanol–water partition coefficient (Wildman–Crippen LogP) is 2.90. The molecule has 0 radical (unpaired) electrons. The van der Waals surface area contributed by atoms with Gasteiger partial charge in [0.15, 0.2) is 0 Å². The van der Waals surface area contributed by atoms with Crippen molar-refractivity contribution in [2.24, 2.45) is 5.92 Å². The highest BCUT2D eigenvalue weighted by molar-refractivity contribution is 5.77. The van der Waals surface area contributed by atoms with Crippen LogP contribution in [0.25, 0.3) is 0 Å². The van der Waals surface area contributed by atoms with Crippen molar-refractivity contribution in [3.05, 3.63) is 0 Å². The van der Waals surface area contributed by atoms with Crippen LogP contribution in [0.3, 0.4) is 0 Å². The summed E-state index contributed by atoms with van der Waals surface area (Å²) >= 11 is 0. The van der Waals surface area contributed by atoms with Crippen molar-refractivity contribution in [1.82, 2.24) is 10.2 Å². The van der Waals surface area contributed by atoms with E-state index >= 15 is 0 Å². The highest BCUT2D eigenvalue weighted by atomic mass is 16.4. The molecule has 5 heteroatoms. The summed E-state index contributed by atoms with van der Waals surface area (Å²) in [4.78, 5) is 24.2. The summed E-state index contributed by atoms with van der Waals surface area (Å²) in [7, 11) is 0. The molecule has 0 aromatic rings. The fourth-order valence-corrected chi connectivity index (χ4v) is 2.63. The Balaban J connectivity index is 0.00000211. The summed E-state index contributed by atoms with van der Waals surface area (Å²) in [5, 5.41) is 12.0. The fourth-order valence-electron chi connectivity index (χ4n) is 2.63. The Morgan fingerprint density at radius 3 is 2.32 bits per heavy atom. The zero-order valence-electron chi connectivity index (χ0n) is 14.6. The quantitative estimate of drug-likeness (QED) is 0.642. The molecule has 0 unspecified atom stereocenters. The predicted molar refractivity (Wildman–Crippen MR) is 89.9 cm³/mol. The van der Waals surface area contributed by atoms with Gasteiger partial charge >= 0.3 is 5.97 Å². The number of aliphatic carboxylic acids is 1. The van der Waals surface area contributed by atoms with Crippen LogP contribution in [-0.2, 0) is 9.59 Å². The van der Waals surface area contributed by atoms with Gasteiger partial charge in [-0.25, -0.2) is 0 Å². The van der Waals surface area contributed by atoms with Gasteiger partial charge in [0.2, 0.25) is 5.91 Å². The van der Waals surface area contributed by atoms with E-state index in [4.69, 9.17) is 5.11 Å². The lowest BCUT2D eigenvalue weighted by Crippen LogP contribution is -2.39. The highest BCUT2D eigenvalue weighted by Gasteiger charge is 2.22. The maximum Gasteiger partial charge on any atom is 0.303 e. The van der Waals surface area contributed by atoms with Gasteiger partial charge in [0, 0.05) is 25.9 Å². The number of piperidine rings is 1. The first-order chi connectivity index (χ1) is 10.6. The second-order valence-corrected chi connectivity index (χ2v) is 5.61. The summed E-state index contributed by atoms with van der Waals surface area (Å²) < 4.78 is 0. The van der Waals surface area contributed by atoms with Crippen LogP contribution in [0.15, 0.2) is 0 Å². The van der Waals surface area contributed by atoms with Crippen LogP contribution >= 0.6 is 0 Å². The van der Waals surface area contributed by atoms with Gasteiger partial charge in [0.1, 0.15) is 0 Å². The second-order valence-electron chi connectivity index (χ2n) is 5.61. The average Bonchev–Trinajstić information content (AvgIpc) is 2.53. The number of nitrogens with zero attached hydrogens (tertiary/aromatic N) is 1. The first kappa shape index (κ1) is 20.9. The number of carbonyl (C=O) groups is 2. The van der Waals surface area contributed by atoms with E-state index in [2.05, 4.69) is 12.2 Å². The smallest absolute Gasteiger partial charge is 0.303 e. The minimum atomic E-state index is -0.823. The monoisotopic (exact) mass is 314 g/mol. The molecule has 1 fully saturated rings. The van der Waals surface area contributed by atoms with Gasteiger partial charge in [0.05, 0.1) is 0 Å². The number of hydrogen-bond donors (Lipinski definition) is 2. The Hall–Kier alpha value is -1.10. The molecular weight excluding hydrogens is 280 g/mol. The number of carbonyl (C=O) groups excluding carboxylic acids is 1. The first-order valence-corrected chi connectivity index (χ1v) is 8.83. The lowest BCUT2D eigenvalue weighted by atomic mass is 9.93. The summed E-state index contributed by atoms with van der Waals surface area (Å²) in [6.45, 7) is 10.0. The zero-order chi connectivity index (χ0) is 16.8. The molecule has 5 nitrogen and oxygen atoms in total. The van der Waals surface area contributed by atoms with Crippen LogP contribution in [0.5, 0.6) is 0 Å². The molecule has 0 spiro atoms. The Morgan fingerprint density at radius 1 is 1.14 bits per heavy atom. The molecule has 0 aliphatic carbocycles. The van der Waals surface area contributed by atoms with Gasteiger partial charge in [-0.05, 0) is 51.1 Å². The maximum absolute atomic E-state index is 11.9. The lowest BCUT2D eigenvalue weighted by molar-refractivity contribution is -0.137. The van der Waals surface area contributed by atoms with Crippen LogP contribution in [0.2, 0.25) is 0 Å². The summed E-state index contributed by atoms with van der Waals surface area (Å²) in [6.07, 6.45) is 5.44. The third kappa shape index (κ3) is 9.77. The Kier molecular flexibility index (Phi) is 12.9. The number of likely N-dealkylation sites (tertiary alicyclic amines) is 1. The van der Waals surface area contributed by atoms with E-state index in [-0.39, 0.29) is 12.3 Å². The van der Waals surface area contributed by atoms with Crippen LogP contribution in [0, 0.1) is 5.92 Å². The number of rotatable bonds is 9. The molecule has 0 atom stereocenters. The third-order valence-corrected chi connectivity index (χ3v) is 3.90. The molecule has 1 heterocycles. The van der Waals surface area contributed by atoms with E-state index in [1.165, 1.54) is 12.8 Å². The molecule has 2 N–H and O–H groups in total. The molecule has 130 valence electrons. The molecule has 0 saturated carbocycles. The molecule has 22 heavy (non-hydrogen) atoms. The molecule has 0 aromatic heterocycles. The van der Waals surface area contributed by atoms with E-state index in [9.17, 15) is 9.59 Å². The Bertz CT molecular complexity index is 300. The summed E-state index contributed by atoms with van der Waals surface area (Å²) in [6, 6.07) is 0. The van der Waals surface area contributed by atoms with Gasteiger partial charge in [-0.3, -0.25) is 9.59 Å². The Morgan fingerprint density at radius 2 is 1.77 bits per heavy atom. The zero-order valence-corrected chi connectivity index (χ0v) is 14.6. The molecule has 0 aromatic carbocycles. The summed E-state index contributed by atoms with van der Waals surface area (Å²) in [5.41, 5.74) is 0. The highest BCUT2D eigenvalue weighted by Crippen LogP contribution is 2.20. The van der Waals surface area contributed by atoms with Crippen LogP contribution in [0.4, 0.5) is 0 Å². The number of amides is 1. The minimum absolute atomic E-state index is 0.0886. The van der Waals surface area contributed by atoms with Crippen LogP contribution in [0.1, 0.15) is 65.7 Å². The van der Waals surface area contributed by atoms with Crippen molar-refractivity contribution in [1.29, 1.82) is 0 Å². The Labute approximate surface area is 135 Å². The van der Waals surface area contributed by atoms with Gasteiger partial charge in [-0.15, -0.1) is 0 Å². The van der Waals surface area contributed by atoms with Crippen molar-refractivity contribution < 1.29 is 14.7 Å². The van der Waals surface area contributed by atoms with E-state index in [1.807, 2.05) is 18.7 Å². The van der Waals surface area contributed by atoms with E-state index in [0.717, 1.165) is 44.9 Å². The standard InChI is InChI=1S/C15H28N2O3.C2H6/c1-2-9-16-10-6-13-7-11-17(12-8-13)14(18)4-3-5-15(19)20;1-2/h13,16H,2-12H2,1H3,(H,19,20);1-2H3. The van der Waals surface area contributed by atoms with Gasteiger partial charge < -0.3 is 15.3 Å². The summed E-state index contributed by atoms with van der Waals surface area (Å²) in [5.74, 6) is 0.0207. The topological polar surface area (TPSA) is 69.6 Å². The van der Waals surface area contributed by atoms with Gasteiger partial charge in [0.25, 0.3) is 0 Å². The third-order valence-electron chi connectivity index (χ3n) is 3.90. The second kappa shape index (κ2) is 13.6. The maximum atomic E-state index is 11.9. The average molecular weight is 314 g/mol. The van der Waals surface area contributed by atoms with Crippen LogP contribution in [-0.4, -0.2) is 48.1 Å². The molecule has 0 bridgehead atoms. The molecule has 1 aliphatic rings. The van der Waals surface area contributed by atoms with Crippen molar-refractivity contribution in [3.63, 3.8) is 0 Å².